The lowest BCUT2D eigenvalue weighted by Crippen LogP contribution is -2.49. The minimum absolute atomic E-state index is 0.0417. The Morgan fingerprint density at radius 2 is 1.60 bits per heavy atom. The largest absolute Gasteiger partial charge is 0.339 e. The molecule has 0 unspecified atom stereocenters. The van der Waals surface area contributed by atoms with Gasteiger partial charge in [0.25, 0.3) is 5.91 Å². The smallest absolute Gasteiger partial charge is 0.321 e. The Morgan fingerprint density at radius 3 is 2.29 bits per heavy atom. The number of carbonyl (C=O) groups excluding carboxylic acids is 2. The summed E-state index contributed by atoms with van der Waals surface area (Å²) in [5.41, 5.74) is 5.66. The summed E-state index contributed by atoms with van der Waals surface area (Å²) in [7, 11) is 2.03. The van der Waals surface area contributed by atoms with Gasteiger partial charge in [-0.1, -0.05) is 18.2 Å². The number of benzene rings is 2. The van der Waals surface area contributed by atoms with E-state index in [0.717, 1.165) is 72.7 Å². The van der Waals surface area contributed by atoms with Crippen molar-refractivity contribution >= 4 is 28.7 Å². The summed E-state index contributed by atoms with van der Waals surface area (Å²) >= 11 is 0. The molecule has 5 rings (SSSR count). The molecule has 0 saturated carbocycles. The standard InChI is InChI=1S/C27H34N6O2/c1-19-7-6-8-20(2)25(19)29-27(35)33-15-13-31(14-16-33)18-24-28-22-17-21(9-10-23(22)30(24)3)26(34)32-11-4-5-12-32/h6-10,17H,4-5,11-16,18H2,1-3H3,(H,29,35). The fourth-order valence-electron chi connectivity index (χ4n) is 5.13. The summed E-state index contributed by atoms with van der Waals surface area (Å²) in [6.07, 6.45) is 2.17. The molecule has 3 aromatic rings. The Bertz CT molecular complexity index is 1230. The van der Waals surface area contributed by atoms with Crippen molar-refractivity contribution < 1.29 is 9.59 Å². The summed E-state index contributed by atoms with van der Waals surface area (Å²) < 4.78 is 2.11. The number of hydrogen-bond donors (Lipinski definition) is 1. The molecular weight excluding hydrogens is 440 g/mol. The molecule has 0 spiro atoms. The summed E-state index contributed by atoms with van der Waals surface area (Å²) in [6.45, 7) is 9.38. The minimum atomic E-state index is -0.0417. The van der Waals surface area contributed by atoms with Gasteiger partial charge in [0, 0.05) is 57.6 Å². The molecule has 0 aliphatic carbocycles. The number of amides is 3. The van der Waals surface area contributed by atoms with Gasteiger partial charge in [0.05, 0.1) is 17.6 Å². The maximum absolute atomic E-state index is 12.8. The molecule has 3 amide bonds. The van der Waals surface area contributed by atoms with Crippen molar-refractivity contribution in [3.05, 3.63) is 58.9 Å². The van der Waals surface area contributed by atoms with Crippen molar-refractivity contribution in [1.29, 1.82) is 0 Å². The number of aryl methyl sites for hydroxylation is 3. The van der Waals surface area contributed by atoms with Crippen LogP contribution in [-0.2, 0) is 13.6 Å². The molecule has 0 atom stereocenters. The van der Waals surface area contributed by atoms with E-state index in [1.54, 1.807) is 0 Å². The highest BCUT2D eigenvalue weighted by Gasteiger charge is 2.24. The zero-order valence-corrected chi connectivity index (χ0v) is 20.9. The van der Waals surface area contributed by atoms with Crippen LogP contribution in [0.5, 0.6) is 0 Å². The Balaban J connectivity index is 1.21. The second-order valence-electron chi connectivity index (χ2n) is 9.75. The van der Waals surface area contributed by atoms with E-state index in [9.17, 15) is 9.59 Å². The molecule has 184 valence electrons. The Kier molecular flexibility index (Phi) is 6.47. The van der Waals surface area contributed by atoms with Crippen LogP contribution in [-0.4, -0.2) is 75.5 Å². The van der Waals surface area contributed by atoms with Crippen LogP contribution >= 0.6 is 0 Å². The first-order valence-corrected chi connectivity index (χ1v) is 12.5. The fourth-order valence-corrected chi connectivity index (χ4v) is 5.13. The first-order valence-electron chi connectivity index (χ1n) is 12.5. The fraction of sp³-hybridized carbons (Fsp3) is 0.444. The maximum atomic E-state index is 12.8. The normalized spacial score (nSPS) is 16.8. The maximum Gasteiger partial charge on any atom is 0.321 e. The number of anilines is 1. The Hall–Kier alpha value is -3.39. The van der Waals surface area contributed by atoms with Gasteiger partial charge in [-0.2, -0.15) is 0 Å². The van der Waals surface area contributed by atoms with E-state index in [2.05, 4.69) is 14.8 Å². The molecule has 8 heteroatoms. The lowest BCUT2D eigenvalue weighted by molar-refractivity contribution is 0.0793. The van der Waals surface area contributed by atoms with Crippen LogP contribution in [0.2, 0.25) is 0 Å². The SMILES string of the molecule is Cc1cccc(C)c1NC(=O)N1CCN(Cc2nc3cc(C(=O)N4CCCC4)ccc3n2C)CC1. The lowest BCUT2D eigenvalue weighted by Gasteiger charge is -2.34. The number of carbonyl (C=O) groups is 2. The first kappa shape index (κ1) is 23.4. The van der Waals surface area contributed by atoms with E-state index < -0.39 is 0 Å². The zero-order valence-electron chi connectivity index (χ0n) is 20.9. The molecule has 35 heavy (non-hydrogen) atoms. The van der Waals surface area contributed by atoms with E-state index in [1.807, 2.05) is 67.1 Å². The van der Waals surface area contributed by atoms with Crippen molar-refractivity contribution in [3.63, 3.8) is 0 Å². The van der Waals surface area contributed by atoms with Crippen molar-refractivity contribution in [2.45, 2.75) is 33.2 Å². The molecule has 2 aliphatic heterocycles. The van der Waals surface area contributed by atoms with Crippen LogP contribution in [0.25, 0.3) is 11.0 Å². The topological polar surface area (TPSA) is 73.7 Å². The molecule has 0 bridgehead atoms. The van der Waals surface area contributed by atoms with E-state index in [-0.39, 0.29) is 11.9 Å². The van der Waals surface area contributed by atoms with Gasteiger partial charge in [-0.15, -0.1) is 0 Å². The number of rotatable bonds is 4. The van der Waals surface area contributed by atoms with Gasteiger partial charge < -0.3 is 19.7 Å². The average molecular weight is 475 g/mol. The lowest BCUT2D eigenvalue weighted by atomic mass is 10.1. The molecule has 1 aromatic heterocycles. The van der Waals surface area contributed by atoms with Gasteiger partial charge in [0.1, 0.15) is 5.82 Å². The quantitative estimate of drug-likeness (QED) is 0.625. The predicted octanol–water partition coefficient (Wildman–Crippen LogP) is 3.78. The van der Waals surface area contributed by atoms with Gasteiger partial charge in [0.2, 0.25) is 0 Å². The van der Waals surface area contributed by atoms with E-state index >= 15 is 0 Å². The van der Waals surface area contributed by atoms with Gasteiger partial charge in [0.15, 0.2) is 0 Å². The highest BCUT2D eigenvalue weighted by Crippen LogP contribution is 2.22. The monoisotopic (exact) mass is 474 g/mol. The molecule has 2 aliphatic rings. The number of fused-ring (bicyclic) bond motifs is 1. The average Bonchev–Trinajstić information content (AvgIpc) is 3.50. The van der Waals surface area contributed by atoms with Crippen LogP contribution in [0.15, 0.2) is 36.4 Å². The highest BCUT2D eigenvalue weighted by atomic mass is 16.2. The number of nitrogens with zero attached hydrogens (tertiary/aromatic N) is 5. The summed E-state index contributed by atoms with van der Waals surface area (Å²) in [6, 6.07) is 11.8. The molecule has 1 N–H and O–H groups in total. The molecular formula is C27H34N6O2. The minimum Gasteiger partial charge on any atom is -0.339 e. The highest BCUT2D eigenvalue weighted by molar-refractivity contribution is 5.97. The van der Waals surface area contributed by atoms with Gasteiger partial charge in [-0.25, -0.2) is 9.78 Å². The number of nitrogens with one attached hydrogen (secondary N) is 1. The van der Waals surface area contributed by atoms with Crippen molar-refractivity contribution in [2.75, 3.05) is 44.6 Å². The molecule has 0 radical (unpaired) electrons. The molecule has 2 fully saturated rings. The van der Waals surface area contributed by atoms with Crippen molar-refractivity contribution in [3.8, 4) is 0 Å². The summed E-state index contributed by atoms with van der Waals surface area (Å²) in [5.74, 6) is 1.08. The van der Waals surface area contributed by atoms with Crippen LogP contribution in [0.1, 0.15) is 40.2 Å². The van der Waals surface area contributed by atoms with E-state index in [1.165, 1.54) is 0 Å². The number of para-hydroxylation sites is 1. The van der Waals surface area contributed by atoms with Gasteiger partial charge >= 0.3 is 6.03 Å². The van der Waals surface area contributed by atoms with E-state index in [0.29, 0.717) is 25.2 Å². The Morgan fingerprint density at radius 1 is 0.914 bits per heavy atom. The third-order valence-electron chi connectivity index (χ3n) is 7.35. The number of urea groups is 1. The van der Waals surface area contributed by atoms with Gasteiger partial charge in [-0.05, 0) is 56.0 Å². The van der Waals surface area contributed by atoms with Crippen LogP contribution in [0, 0.1) is 13.8 Å². The van der Waals surface area contributed by atoms with E-state index in [4.69, 9.17) is 4.98 Å². The number of imidazole rings is 1. The third-order valence-corrected chi connectivity index (χ3v) is 7.35. The van der Waals surface area contributed by atoms with Gasteiger partial charge in [-0.3, -0.25) is 9.69 Å². The zero-order chi connectivity index (χ0) is 24.5. The number of piperazine rings is 1. The van der Waals surface area contributed by atoms with Crippen molar-refractivity contribution in [2.24, 2.45) is 7.05 Å². The molecule has 2 saturated heterocycles. The summed E-state index contributed by atoms with van der Waals surface area (Å²) in [5, 5.41) is 3.10. The van der Waals surface area contributed by atoms with Crippen LogP contribution < -0.4 is 5.32 Å². The second kappa shape index (κ2) is 9.70. The molecule has 3 heterocycles. The number of likely N-dealkylation sites (tertiary alicyclic amines) is 1. The van der Waals surface area contributed by atoms with Crippen LogP contribution in [0.4, 0.5) is 10.5 Å². The number of aromatic nitrogens is 2. The third kappa shape index (κ3) is 4.75. The summed E-state index contributed by atoms with van der Waals surface area (Å²) in [4.78, 5) is 36.6. The van der Waals surface area contributed by atoms with Crippen LogP contribution in [0.3, 0.4) is 0 Å². The number of hydrogen-bond acceptors (Lipinski definition) is 4. The predicted molar refractivity (Wildman–Crippen MR) is 138 cm³/mol. The first-order chi connectivity index (χ1) is 16.9. The molecule has 2 aromatic carbocycles. The van der Waals surface area contributed by atoms with Crippen molar-refractivity contribution in [1.82, 2.24) is 24.3 Å². The Labute approximate surface area is 206 Å². The molecule has 8 nitrogen and oxygen atoms in total. The second-order valence-corrected chi connectivity index (χ2v) is 9.75.